The van der Waals surface area contributed by atoms with E-state index < -0.39 is 0 Å². The van der Waals surface area contributed by atoms with E-state index in [0.29, 0.717) is 12.4 Å². The Morgan fingerprint density at radius 3 is 2.52 bits per heavy atom. The number of nitrogens with one attached hydrogen (secondary N) is 1. The van der Waals surface area contributed by atoms with E-state index in [2.05, 4.69) is 20.2 Å². The summed E-state index contributed by atoms with van der Waals surface area (Å²) in [6.45, 7) is 2.54. The fourth-order valence-corrected chi connectivity index (χ4v) is 3.03. The van der Waals surface area contributed by atoms with Crippen LogP contribution in [0.25, 0.3) is 0 Å². The molecule has 0 saturated carbocycles. The summed E-state index contributed by atoms with van der Waals surface area (Å²) in [7, 11) is 3.44. The highest BCUT2D eigenvalue weighted by molar-refractivity contribution is 14.0. The minimum absolute atomic E-state index is 0. The number of guanidine groups is 1. The minimum atomic E-state index is 0. The molecule has 2 heterocycles. The van der Waals surface area contributed by atoms with E-state index in [9.17, 15) is 0 Å². The number of pyridine rings is 1. The number of para-hydroxylation sites is 1. The highest BCUT2D eigenvalue weighted by Crippen LogP contribution is 2.18. The number of ether oxygens (including phenoxy) is 2. The molecule has 0 aliphatic carbocycles. The van der Waals surface area contributed by atoms with E-state index in [0.717, 1.165) is 43.2 Å². The van der Waals surface area contributed by atoms with Crippen molar-refractivity contribution < 1.29 is 9.47 Å². The molecule has 6 nitrogen and oxygen atoms in total. The van der Waals surface area contributed by atoms with E-state index in [-0.39, 0.29) is 30.1 Å². The van der Waals surface area contributed by atoms with Crippen LogP contribution in [0.4, 0.5) is 0 Å². The first-order valence-corrected chi connectivity index (χ1v) is 8.94. The lowest BCUT2D eigenvalue weighted by Gasteiger charge is -2.34. The monoisotopic (exact) mass is 482 g/mol. The standard InChI is InChI=1S/C20H26N4O2.HI/c1-21-20(23-15-16-8-9-19(25-2)22-14-16)24-12-10-18(11-13-24)26-17-6-4-3-5-7-17;/h3-9,14,18H,10-13,15H2,1-2H3,(H,21,23);1H. The summed E-state index contributed by atoms with van der Waals surface area (Å²) in [5.41, 5.74) is 1.09. The van der Waals surface area contributed by atoms with Crippen molar-refractivity contribution in [3.05, 3.63) is 54.2 Å². The van der Waals surface area contributed by atoms with E-state index in [1.165, 1.54) is 0 Å². The van der Waals surface area contributed by atoms with Gasteiger partial charge in [-0.2, -0.15) is 0 Å². The summed E-state index contributed by atoms with van der Waals surface area (Å²) in [5, 5.41) is 3.41. The zero-order valence-electron chi connectivity index (χ0n) is 15.8. The predicted octanol–water partition coefficient (Wildman–Crippen LogP) is 3.33. The van der Waals surface area contributed by atoms with Crippen LogP contribution in [0, 0.1) is 0 Å². The molecule has 1 aromatic heterocycles. The lowest BCUT2D eigenvalue weighted by Crippen LogP contribution is -2.47. The first-order valence-electron chi connectivity index (χ1n) is 8.94. The summed E-state index contributed by atoms with van der Waals surface area (Å²) >= 11 is 0. The molecule has 0 unspecified atom stereocenters. The van der Waals surface area contributed by atoms with Crippen molar-refractivity contribution in [3.8, 4) is 11.6 Å². The lowest BCUT2D eigenvalue weighted by molar-refractivity contribution is 0.129. The van der Waals surface area contributed by atoms with Crippen molar-refractivity contribution in [2.75, 3.05) is 27.2 Å². The number of aromatic nitrogens is 1. The molecule has 1 fully saturated rings. The van der Waals surface area contributed by atoms with Crippen LogP contribution in [-0.4, -0.2) is 49.2 Å². The van der Waals surface area contributed by atoms with Crippen molar-refractivity contribution in [3.63, 3.8) is 0 Å². The Bertz CT molecular complexity index is 702. The summed E-state index contributed by atoms with van der Waals surface area (Å²) in [4.78, 5) is 10.9. The Morgan fingerprint density at radius 1 is 1.19 bits per heavy atom. The molecule has 7 heteroatoms. The van der Waals surface area contributed by atoms with Crippen LogP contribution < -0.4 is 14.8 Å². The van der Waals surface area contributed by atoms with Gasteiger partial charge < -0.3 is 19.7 Å². The van der Waals surface area contributed by atoms with Gasteiger partial charge in [0.25, 0.3) is 0 Å². The molecule has 1 N–H and O–H groups in total. The molecule has 3 rings (SSSR count). The average molecular weight is 482 g/mol. The number of piperidine rings is 1. The highest BCUT2D eigenvalue weighted by Gasteiger charge is 2.22. The van der Waals surface area contributed by atoms with Crippen LogP contribution in [0.3, 0.4) is 0 Å². The minimum Gasteiger partial charge on any atom is -0.490 e. The third-order valence-electron chi connectivity index (χ3n) is 4.46. The lowest BCUT2D eigenvalue weighted by atomic mass is 10.1. The molecule has 0 radical (unpaired) electrons. The molecule has 1 aliphatic rings. The van der Waals surface area contributed by atoms with Gasteiger partial charge in [-0.05, 0) is 17.7 Å². The molecule has 2 aromatic rings. The van der Waals surface area contributed by atoms with Crippen LogP contribution in [0.15, 0.2) is 53.7 Å². The topological polar surface area (TPSA) is 59.0 Å². The SMILES string of the molecule is CN=C(NCc1ccc(OC)nc1)N1CCC(Oc2ccccc2)CC1.I. The van der Waals surface area contributed by atoms with Gasteiger partial charge in [-0.3, -0.25) is 4.99 Å². The molecule has 0 amide bonds. The molecule has 1 saturated heterocycles. The van der Waals surface area contributed by atoms with Crippen LogP contribution in [0.2, 0.25) is 0 Å². The van der Waals surface area contributed by atoms with E-state index >= 15 is 0 Å². The van der Waals surface area contributed by atoms with Crippen LogP contribution in [0.1, 0.15) is 18.4 Å². The van der Waals surface area contributed by atoms with E-state index in [4.69, 9.17) is 9.47 Å². The van der Waals surface area contributed by atoms with Crippen molar-refractivity contribution in [1.29, 1.82) is 0 Å². The second kappa shape index (κ2) is 11.0. The maximum Gasteiger partial charge on any atom is 0.212 e. The van der Waals surface area contributed by atoms with Gasteiger partial charge >= 0.3 is 0 Å². The molecular formula is C20H27IN4O2. The number of benzene rings is 1. The number of nitrogens with zero attached hydrogens (tertiary/aromatic N) is 3. The smallest absolute Gasteiger partial charge is 0.212 e. The van der Waals surface area contributed by atoms with Crippen LogP contribution >= 0.6 is 24.0 Å². The fourth-order valence-electron chi connectivity index (χ4n) is 3.03. The second-order valence-electron chi connectivity index (χ2n) is 6.23. The van der Waals surface area contributed by atoms with E-state index in [1.54, 1.807) is 7.11 Å². The Hall–Kier alpha value is -2.03. The first kappa shape index (κ1) is 21.3. The Kier molecular flexibility index (Phi) is 8.63. The van der Waals surface area contributed by atoms with Crippen molar-refractivity contribution >= 4 is 29.9 Å². The summed E-state index contributed by atoms with van der Waals surface area (Å²) in [6, 6.07) is 13.9. The van der Waals surface area contributed by atoms with Gasteiger partial charge in [-0.1, -0.05) is 24.3 Å². The predicted molar refractivity (Wildman–Crippen MR) is 118 cm³/mol. The Balaban J connectivity index is 0.00000261. The molecule has 146 valence electrons. The van der Waals surface area contributed by atoms with Crippen molar-refractivity contribution in [2.45, 2.75) is 25.5 Å². The zero-order valence-corrected chi connectivity index (χ0v) is 18.1. The van der Waals surface area contributed by atoms with E-state index in [1.807, 2.05) is 55.7 Å². The Morgan fingerprint density at radius 2 is 1.93 bits per heavy atom. The normalized spacial score (nSPS) is 15.0. The second-order valence-corrected chi connectivity index (χ2v) is 6.23. The average Bonchev–Trinajstić information content (AvgIpc) is 2.71. The Labute approximate surface area is 178 Å². The third-order valence-corrected chi connectivity index (χ3v) is 4.46. The maximum atomic E-state index is 6.06. The van der Waals surface area contributed by atoms with Crippen molar-refractivity contribution in [2.24, 2.45) is 4.99 Å². The number of hydrogen-bond donors (Lipinski definition) is 1. The third kappa shape index (κ3) is 6.27. The van der Waals surface area contributed by atoms with Gasteiger partial charge in [-0.25, -0.2) is 4.98 Å². The molecule has 1 aliphatic heterocycles. The number of halogens is 1. The van der Waals surface area contributed by atoms with Gasteiger partial charge in [0.1, 0.15) is 11.9 Å². The van der Waals surface area contributed by atoms with Gasteiger partial charge in [0.2, 0.25) is 5.88 Å². The largest absolute Gasteiger partial charge is 0.490 e. The quantitative estimate of drug-likeness (QED) is 0.403. The molecule has 0 bridgehead atoms. The molecular weight excluding hydrogens is 455 g/mol. The molecule has 1 aromatic carbocycles. The molecule has 27 heavy (non-hydrogen) atoms. The fraction of sp³-hybridized carbons (Fsp3) is 0.400. The summed E-state index contributed by atoms with van der Waals surface area (Å²) in [6.07, 6.45) is 4.05. The number of likely N-dealkylation sites (tertiary alicyclic amines) is 1. The van der Waals surface area contributed by atoms with Gasteiger partial charge in [0.15, 0.2) is 5.96 Å². The number of methoxy groups -OCH3 is 1. The summed E-state index contributed by atoms with van der Waals surface area (Å²) in [5.74, 6) is 2.48. The number of aliphatic imine (C=N–C) groups is 1. The van der Waals surface area contributed by atoms with Gasteiger partial charge in [0.05, 0.1) is 7.11 Å². The molecule has 0 spiro atoms. The van der Waals surface area contributed by atoms with Gasteiger partial charge in [0, 0.05) is 51.8 Å². The zero-order chi connectivity index (χ0) is 18.2. The first-order chi connectivity index (χ1) is 12.8. The summed E-state index contributed by atoms with van der Waals surface area (Å²) < 4.78 is 11.1. The van der Waals surface area contributed by atoms with Gasteiger partial charge in [-0.15, -0.1) is 24.0 Å². The van der Waals surface area contributed by atoms with Crippen LogP contribution in [0.5, 0.6) is 11.6 Å². The number of hydrogen-bond acceptors (Lipinski definition) is 4. The molecule has 0 atom stereocenters. The van der Waals surface area contributed by atoms with Crippen molar-refractivity contribution in [1.82, 2.24) is 15.2 Å². The number of rotatable bonds is 5. The highest BCUT2D eigenvalue weighted by atomic mass is 127. The van der Waals surface area contributed by atoms with Crippen LogP contribution in [-0.2, 0) is 6.54 Å². The maximum absolute atomic E-state index is 6.06.